The zero-order chi connectivity index (χ0) is 16.6. The first-order valence-electron chi connectivity index (χ1n) is 7.62. The van der Waals surface area contributed by atoms with Gasteiger partial charge in [-0.1, -0.05) is 26.8 Å². The highest BCUT2D eigenvalue weighted by Crippen LogP contribution is 2.31. The van der Waals surface area contributed by atoms with E-state index in [4.69, 9.17) is 0 Å². The van der Waals surface area contributed by atoms with E-state index in [1.54, 1.807) is 11.3 Å². The molecule has 0 saturated carbocycles. The SMILES string of the molecule is Cc1ccc2nc(-c3ccc(NC(=O)C(C)(C)C)cc3)sc2c1. The molecule has 4 heteroatoms. The van der Waals surface area contributed by atoms with Crippen molar-refractivity contribution in [1.82, 2.24) is 4.98 Å². The van der Waals surface area contributed by atoms with Crippen molar-refractivity contribution < 1.29 is 4.79 Å². The van der Waals surface area contributed by atoms with Crippen LogP contribution in [0.25, 0.3) is 20.8 Å². The number of anilines is 1. The zero-order valence-corrected chi connectivity index (χ0v) is 14.6. The highest BCUT2D eigenvalue weighted by atomic mass is 32.1. The highest BCUT2D eigenvalue weighted by molar-refractivity contribution is 7.21. The van der Waals surface area contributed by atoms with Crippen LogP contribution < -0.4 is 5.32 Å². The van der Waals surface area contributed by atoms with Gasteiger partial charge in [-0.05, 0) is 48.9 Å². The van der Waals surface area contributed by atoms with Crippen LogP contribution in [0.5, 0.6) is 0 Å². The molecule has 1 aromatic heterocycles. The first-order valence-corrected chi connectivity index (χ1v) is 8.44. The molecule has 1 N–H and O–H groups in total. The monoisotopic (exact) mass is 324 g/mol. The molecule has 0 aliphatic heterocycles. The van der Waals surface area contributed by atoms with E-state index in [1.165, 1.54) is 10.3 Å². The van der Waals surface area contributed by atoms with Gasteiger partial charge in [0.05, 0.1) is 10.2 Å². The summed E-state index contributed by atoms with van der Waals surface area (Å²) in [7, 11) is 0. The molecule has 3 aromatic rings. The highest BCUT2D eigenvalue weighted by Gasteiger charge is 2.21. The standard InChI is InChI=1S/C19H20N2OS/c1-12-5-10-15-16(11-12)23-17(21-15)13-6-8-14(9-7-13)20-18(22)19(2,3)4/h5-11H,1-4H3,(H,20,22). The van der Waals surface area contributed by atoms with E-state index in [0.29, 0.717) is 0 Å². The predicted molar refractivity (Wildman–Crippen MR) is 97.9 cm³/mol. The smallest absolute Gasteiger partial charge is 0.229 e. The summed E-state index contributed by atoms with van der Waals surface area (Å²) in [6.45, 7) is 7.80. The molecule has 1 heterocycles. The second-order valence-corrected chi connectivity index (χ2v) is 7.80. The Bertz CT molecular complexity index is 857. The molecule has 3 nitrogen and oxygen atoms in total. The van der Waals surface area contributed by atoms with Gasteiger partial charge in [0, 0.05) is 16.7 Å². The Kier molecular flexibility index (Phi) is 3.94. The number of hydrogen-bond acceptors (Lipinski definition) is 3. The summed E-state index contributed by atoms with van der Waals surface area (Å²) < 4.78 is 1.20. The molecule has 0 fully saturated rings. The van der Waals surface area contributed by atoms with E-state index in [2.05, 4.69) is 35.4 Å². The van der Waals surface area contributed by atoms with Crippen LogP contribution in [0.3, 0.4) is 0 Å². The summed E-state index contributed by atoms with van der Waals surface area (Å²) in [6.07, 6.45) is 0. The third kappa shape index (κ3) is 3.42. The Morgan fingerprint density at radius 3 is 2.43 bits per heavy atom. The lowest BCUT2D eigenvalue weighted by molar-refractivity contribution is -0.123. The van der Waals surface area contributed by atoms with E-state index in [9.17, 15) is 4.79 Å². The van der Waals surface area contributed by atoms with Crippen LogP contribution in [-0.4, -0.2) is 10.9 Å². The number of benzene rings is 2. The fraction of sp³-hybridized carbons (Fsp3) is 0.263. The number of carbonyl (C=O) groups is 1. The van der Waals surface area contributed by atoms with Crippen LogP contribution in [0.2, 0.25) is 0 Å². The Labute approximate surface area is 140 Å². The minimum absolute atomic E-state index is 0.0145. The second-order valence-electron chi connectivity index (χ2n) is 6.77. The van der Waals surface area contributed by atoms with Gasteiger partial charge < -0.3 is 5.32 Å². The van der Waals surface area contributed by atoms with Crippen molar-refractivity contribution >= 4 is 33.1 Å². The molecular formula is C19H20N2OS. The molecule has 0 unspecified atom stereocenters. The van der Waals surface area contributed by atoms with Crippen molar-refractivity contribution in [1.29, 1.82) is 0 Å². The molecule has 0 saturated heterocycles. The molecule has 0 radical (unpaired) electrons. The van der Waals surface area contributed by atoms with Crippen LogP contribution in [-0.2, 0) is 4.79 Å². The van der Waals surface area contributed by atoms with Gasteiger partial charge in [0.25, 0.3) is 0 Å². The fourth-order valence-electron chi connectivity index (χ4n) is 2.17. The third-order valence-corrected chi connectivity index (χ3v) is 4.68. The molecular weight excluding hydrogens is 304 g/mol. The number of nitrogens with zero attached hydrogens (tertiary/aromatic N) is 1. The van der Waals surface area contributed by atoms with E-state index in [0.717, 1.165) is 21.8 Å². The van der Waals surface area contributed by atoms with Crippen molar-refractivity contribution in [3.05, 3.63) is 48.0 Å². The topological polar surface area (TPSA) is 42.0 Å². The number of rotatable bonds is 2. The van der Waals surface area contributed by atoms with Gasteiger partial charge in [0.1, 0.15) is 5.01 Å². The number of amides is 1. The number of fused-ring (bicyclic) bond motifs is 1. The van der Waals surface area contributed by atoms with E-state index in [1.807, 2.05) is 45.0 Å². The summed E-state index contributed by atoms with van der Waals surface area (Å²) in [5.41, 5.74) is 3.75. The quantitative estimate of drug-likeness (QED) is 0.699. The van der Waals surface area contributed by atoms with Crippen molar-refractivity contribution in [2.45, 2.75) is 27.7 Å². The van der Waals surface area contributed by atoms with Crippen molar-refractivity contribution in [3.63, 3.8) is 0 Å². The summed E-state index contributed by atoms with van der Waals surface area (Å²) in [5, 5.41) is 3.94. The van der Waals surface area contributed by atoms with Crippen molar-refractivity contribution in [2.24, 2.45) is 5.41 Å². The van der Waals surface area contributed by atoms with Crippen molar-refractivity contribution in [2.75, 3.05) is 5.32 Å². The summed E-state index contributed by atoms with van der Waals surface area (Å²) in [5.74, 6) is 0.0145. The van der Waals surface area contributed by atoms with Gasteiger partial charge in [0.2, 0.25) is 5.91 Å². The zero-order valence-electron chi connectivity index (χ0n) is 13.8. The molecule has 23 heavy (non-hydrogen) atoms. The van der Waals surface area contributed by atoms with Crippen LogP contribution in [0.1, 0.15) is 26.3 Å². The fourth-order valence-corrected chi connectivity index (χ4v) is 3.24. The van der Waals surface area contributed by atoms with Crippen LogP contribution in [0, 0.1) is 12.3 Å². The van der Waals surface area contributed by atoms with Gasteiger partial charge in [-0.25, -0.2) is 4.98 Å². The summed E-state index contributed by atoms with van der Waals surface area (Å²) >= 11 is 1.69. The average Bonchev–Trinajstić information content (AvgIpc) is 2.90. The Balaban J connectivity index is 1.85. The van der Waals surface area contributed by atoms with Gasteiger partial charge in [-0.3, -0.25) is 4.79 Å². The molecule has 118 valence electrons. The minimum Gasteiger partial charge on any atom is -0.326 e. The normalized spacial score (nSPS) is 11.7. The minimum atomic E-state index is -0.399. The lowest BCUT2D eigenvalue weighted by Crippen LogP contribution is -2.27. The Morgan fingerprint density at radius 1 is 1.09 bits per heavy atom. The molecule has 0 atom stereocenters. The van der Waals surface area contributed by atoms with E-state index < -0.39 is 5.41 Å². The average molecular weight is 324 g/mol. The number of nitrogens with one attached hydrogen (secondary N) is 1. The number of aromatic nitrogens is 1. The summed E-state index contributed by atoms with van der Waals surface area (Å²) in [6, 6.07) is 14.2. The largest absolute Gasteiger partial charge is 0.326 e. The molecule has 0 aliphatic carbocycles. The number of carbonyl (C=O) groups excluding carboxylic acids is 1. The number of aryl methyl sites for hydroxylation is 1. The lowest BCUT2D eigenvalue weighted by Gasteiger charge is -2.17. The van der Waals surface area contributed by atoms with E-state index in [-0.39, 0.29) is 5.91 Å². The van der Waals surface area contributed by atoms with Crippen molar-refractivity contribution in [3.8, 4) is 10.6 Å². The van der Waals surface area contributed by atoms with E-state index >= 15 is 0 Å². The van der Waals surface area contributed by atoms with Gasteiger partial charge >= 0.3 is 0 Å². The maximum atomic E-state index is 12.0. The first kappa shape index (κ1) is 15.7. The van der Waals surface area contributed by atoms with Gasteiger partial charge in [-0.15, -0.1) is 11.3 Å². The Morgan fingerprint density at radius 2 is 1.78 bits per heavy atom. The molecule has 3 rings (SSSR count). The molecule has 0 aliphatic rings. The van der Waals surface area contributed by atoms with Crippen LogP contribution in [0.4, 0.5) is 5.69 Å². The number of hydrogen-bond donors (Lipinski definition) is 1. The number of thiazole rings is 1. The maximum absolute atomic E-state index is 12.0. The second kappa shape index (κ2) is 5.78. The van der Waals surface area contributed by atoms with Crippen LogP contribution in [0.15, 0.2) is 42.5 Å². The molecule has 2 aromatic carbocycles. The maximum Gasteiger partial charge on any atom is 0.229 e. The lowest BCUT2D eigenvalue weighted by atomic mass is 9.95. The Hall–Kier alpha value is -2.20. The molecule has 0 spiro atoms. The molecule has 0 bridgehead atoms. The van der Waals surface area contributed by atoms with Crippen LogP contribution >= 0.6 is 11.3 Å². The van der Waals surface area contributed by atoms with Gasteiger partial charge in [0.15, 0.2) is 0 Å². The predicted octanol–water partition coefficient (Wildman–Crippen LogP) is 5.26. The summed E-state index contributed by atoms with van der Waals surface area (Å²) in [4.78, 5) is 16.7. The third-order valence-electron chi connectivity index (χ3n) is 3.61. The first-order chi connectivity index (χ1) is 10.8. The van der Waals surface area contributed by atoms with Gasteiger partial charge in [-0.2, -0.15) is 0 Å². The molecule has 1 amide bonds.